The van der Waals surface area contributed by atoms with E-state index in [2.05, 4.69) is 26.5 Å². The molecule has 114 valence electrons. The van der Waals surface area contributed by atoms with Gasteiger partial charge in [0.05, 0.1) is 40.6 Å². The van der Waals surface area contributed by atoms with Gasteiger partial charge in [0.15, 0.2) is 0 Å². The minimum Gasteiger partial charge on any atom is -0.383 e. The number of benzene rings is 1. The van der Waals surface area contributed by atoms with Crippen LogP contribution in [0.15, 0.2) is 28.9 Å². The molecule has 0 saturated heterocycles. The predicted octanol–water partition coefficient (Wildman–Crippen LogP) is 2.64. The van der Waals surface area contributed by atoms with Crippen LogP contribution >= 0.6 is 27.5 Å². The maximum atomic E-state index is 14.2. The first kappa shape index (κ1) is 16.4. The molecule has 3 N–H and O–H groups in total. The van der Waals surface area contributed by atoms with Gasteiger partial charge in [-0.3, -0.25) is 10.5 Å². The third kappa shape index (κ3) is 3.44. The summed E-state index contributed by atoms with van der Waals surface area (Å²) in [5.74, 6) is 5.12. The molecule has 0 bridgehead atoms. The number of methoxy groups -OCH3 is 1. The Kier molecular flexibility index (Phi) is 5.72. The van der Waals surface area contributed by atoms with Crippen LogP contribution in [0.5, 0.6) is 0 Å². The lowest BCUT2D eigenvalue weighted by Gasteiger charge is -2.20. The highest BCUT2D eigenvalue weighted by Crippen LogP contribution is 2.31. The predicted molar refractivity (Wildman–Crippen MR) is 82.4 cm³/mol. The summed E-state index contributed by atoms with van der Waals surface area (Å²) in [5, 5.41) is 4.29. The fourth-order valence-electron chi connectivity index (χ4n) is 2.07. The number of rotatable bonds is 6. The fraction of sp³-hybridized carbons (Fsp3) is 0.308. The molecular formula is C13H15BrClFN4O. The first-order chi connectivity index (χ1) is 10.1. The summed E-state index contributed by atoms with van der Waals surface area (Å²) in [5.41, 5.74) is 3.67. The van der Waals surface area contributed by atoms with E-state index in [0.717, 1.165) is 4.47 Å². The van der Waals surface area contributed by atoms with Crippen LogP contribution in [0.2, 0.25) is 5.02 Å². The van der Waals surface area contributed by atoms with Crippen LogP contribution in [0.1, 0.15) is 17.3 Å². The molecule has 2 rings (SSSR count). The molecule has 21 heavy (non-hydrogen) atoms. The number of hydrogen-bond acceptors (Lipinski definition) is 4. The molecule has 0 aliphatic carbocycles. The number of nitrogens with two attached hydrogens (primary N) is 1. The molecule has 0 saturated carbocycles. The van der Waals surface area contributed by atoms with Gasteiger partial charge in [-0.05, 0) is 22.0 Å². The van der Waals surface area contributed by atoms with Crippen molar-refractivity contribution in [2.75, 3.05) is 13.7 Å². The molecule has 1 atom stereocenters. The largest absolute Gasteiger partial charge is 0.383 e. The molecule has 0 aliphatic heterocycles. The number of halogens is 3. The van der Waals surface area contributed by atoms with Crippen LogP contribution in [0.25, 0.3) is 0 Å². The molecule has 1 heterocycles. The number of hydrazine groups is 1. The normalized spacial score (nSPS) is 12.6. The zero-order valence-corrected chi connectivity index (χ0v) is 13.7. The Bertz CT molecular complexity index is 622. The Labute approximate surface area is 135 Å². The number of ether oxygens (including phenoxy) is 1. The summed E-state index contributed by atoms with van der Waals surface area (Å²) < 4.78 is 21.7. The third-order valence-electron chi connectivity index (χ3n) is 3.07. The lowest BCUT2D eigenvalue weighted by molar-refractivity contribution is 0.182. The highest BCUT2D eigenvalue weighted by molar-refractivity contribution is 9.10. The van der Waals surface area contributed by atoms with E-state index in [4.69, 9.17) is 22.2 Å². The quantitative estimate of drug-likeness (QED) is 0.600. The number of nitrogens with one attached hydrogen (secondary N) is 1. The molecule has 2 aromatic rings. The lowest BCUT2D eigenvalue weighted by atomic mass is 10.0. The van der Waals surface area contributed by atoms with Crippen LogP contribution in [0.3, 0.4) is 0 Å². The van der Waals surface area contributed by atoms with Crippen molar-refractivity contribution in [2.45, 2.75) is 12.6 Å². The van der Waals surface area contributed by atoms with Gasteiger partial charge < -0.3 is 4.74 Å². The van der Waals surface area contributed by atoms with E-state index in [1.807, 2.05) is 0 Å². The van der Waals surface area contributed by atoms with Gasteiger partial charge in [0, 0.05) is 12.7 Å². The van der Waals surface area contributed by atoms with Gasteiger partial charge in [-0.2, -0.15) is 5.10 Å². The number of nitrogens with zero attached hydrogens (tertiary/aromatic N) is 2. The highest BCUT2D eigenvalue weighted by Gasteiger charge is 2.24. The van der Waals surface area contributed by atoms with Crippen molar-refractivity contribution >= 4 is 27.5 Å². The number of hydrogen-bond donors (Lipinski definition) is 2. The minimum atomic E-state index is -0.586. The van der Waals surface area contributed by atoms with Gasteiger partial charge in [0.1, 0.15) is 5.82 Å². The molecule has 1 aromatic carbocycles. The van der Waals surface area contributed by atoms with Crippen molar-refractivity contribution in [1.29, 1.82) is 0 Å². The first-order valence-corrected chi connectivity index (χ1v) is 7.37. The fourth-order valence-corrected chi connectivity index (χ4v) is 2.78. The Morgan fingerprint density at radius 1 is 1.57 bits per heavy atom. The molecule has 0 amide bonds. The van der Waals surface area contributed by atoms with Crippen LogP contribution in [0, 0.1) is 5.82 Å². The summed E-state index contributed by atoms with van der Waals surface area (Å²) in [4.78, 5) is 0. The third-order valence-corrected chi connectivity index (χ3v) is 3.98. The maximum absolute atomic E-state index is 14.2. The highest BCUT2D eigenvalue weighted by atomic mass is 79.9. The summed E-state index contributed by atoms with van der Waals surface area (Å²) in [7, 11) is 1.60. The van der Waals surface area contributed by atoms with Crippen molar-refractivity contribution in [3.63, 3.8) is 0 Å². The van der Waals surface area contributed by atoms with E-state index in [-0.39, 0.29) is 5.02 Å². The second kappa shape index (κ2) is 7.33. The first-order valence-electron chi connectivity index (χ1n) is 6.20. The van der Waals surface area contributed by atoms with E-state index >= 15 is 0 Å². The van der Waals surface area contributed by atoms with Gasteiger partial charge in [0.2, 0.25) is 0 Å². The SMILES string of the molecule is COCCn1ncc(Br)c1C(NN)c1cccc(Cl)c1F. The molecule has 0 spiro atoms. The average molecular weight is 378 g/mol. The molecule has 1 unspecified atom stereocenters. The molecule has 1 aromatic heterocycles. The second-order valence-electron chi connectivity index (χ2n) is 4.34. The molecule has 0 fully saturated rings. The van der Waals surface area contributed by atoms with Gasteiger partial charge >= 0.3 is 0 Å². The van der Waals surface area contributed by atoms with Crippen molar-refractivity contribution < 1.29 is 9.13 Å². The van der Waals surface area contributed by atoms with E-state index in [0.29, 0.717) is 24.4 Å². The Balaban J connectivity index is 2.46. The van der Waals surface area contributed by atoms with Crippen molar-refractivity contribution in [1.82, 2.24) is 15.2 Å². The molecular weight excluding hydrogens is 363 g/mol. The minimum absolute atomic E-state index is 0.0480. The standard InChI is InChI=1S/C13H15BrClFN4O/c1-21-6-5-20-13(9(14)7-18-20)12(19-17)8-3-2-4-10(15)11(8)16/h2-4,7,12,19H,5-6,17H2,1H3. The lowest BCUT2D eigenvalue weighted by Crippen LogP contribution is -2.32. The van der Waals surface area contributed by atoms with Crippen LogP contribution in [0.4, 0.5) is 4.39 Å². The van der Waals surface area contributed by atoms with Crippen molar-refractivity contribution in [2.24, 2.45) is 5.84 Å². The summed E-state index contributed by atoms with van der Waals surface area (Å²) >= 11 is 9.26. The molecule has 8 heteroatoms. The molecule has 0 radical (unpaired) electrons. The second-order valence-corrected chi connectivity index (χ2v) is 5.60. The van der Waals surface area contributed by atoms with E-state index in [9.17, 15) is 4.39 Å². The van der Waals surface area contributed by atoms with Gasteiger partial charge in [-0.15, -0.1) is 0 Å². The topological polar surface area (TPSA) is 65.1 Å². The zero-order chi connectivity index (χ0) is 15.4. The maximum Gasteiger partial charge on any atom is 0.147 e. The monoisotopic (exact) mass is 376 g/mol. The van der Waals surface area contributed by atoms with Crippen molar-refractivity contribution in [3.05, 3.63) is 51.0 Å². The van der Waals surface area contributed by atoms with Crippen LogP contribution in [-0.4, -0.2) is 23.5 Å². The van der Waals surface area contributed by atoms with Gasteiger partial charge in [0.25, 0.3) is 0 Å². The Morgan fingerprint density at radius 2 is 2.33 bits per heavy atom. The smallest absolute Gasteiger partial charge is 0.147 e. The van der Waals surface area contributed by atoms with E-state index in [1.54, 1.807) is 30.1 Å². The van der Waals surface area contributed by atoms with E-state index in [1.165, 1.54) is 6.07 Å². The van der Waals surface area contributed by atoms with Crippen molar-refractivity contribution in [3.8, 4) is 0 Å². The average Bonchev–Trinajstić information content (AvgIpc) is 2.83. The van der Waals surface area contributed by atoms with Gasteiger partial charge in [-0.1, -0.05) is 23.7 Å². The Morgan fingerprint density at radius 3 is 3.00 bits per heavy atom. The van der Waals surface area contributed by atoms with Crippen LogP contribution in [-0.2, 0) is 11.3 Å². The van der Waals surface area contributed by atoms with Crippen LogP contribution < -0.4 is 11.3 Å². The zero-order valence-electron chi connectivity index (χ0n) is 11.3. The van der Waals surface area contributed by atoms with E-state index < -0.39 is 11.9 Å². The molecule has 0 aliphatic rings. The summed E-state index contributed by atoms with van der Waals surface area (Å²) in [6.07, 6.45) is 1.64. The molecule has 5 nitrogen and oxygen atoms in total. The van der Waals surface area contributed by atoms with Gasteiger partial charge in [-0.25, -0.2) is 9.82 Å². The number of aromatic nitrogens is 2. The Hall–Kier alpha value is -0.990. The summed E-state index contributed by atoms with van der Waals surface area (Å²) in [6, 6.07) is 4.21. The summed E-state index contributed by atoms with van der Waals surface area (Å²) in [6.45, 7) is 1.01.